The van der Waals surface area contributed by atoms with Crippen molar-refractivity contribution in [1.82, 2.24) is 25.1 Å². The van der Waals surface area contributed by atoms with Gasteiger partial charge in [0, 0.05) is 69.2 Å². The molecule has 0 radical (unpaired) electrons. The van der Waals surface area contributed by atoms with E-state index in [9.17, 15) is 19.8 Å². The Labute approximate surface area is 338 Å². The van der Waals surface area contributed by atoms with E-state index in [0.717, 1.165) is 64.6 Å². The quantitative estimate of drug-likeness (QED) is 0.276. The topological polar surface area (TPSA) is 118 Å². The summed E-state index contributed by atoms with van der Waals surface area (Å²) in [5, 5.41) is 26.8. The van der Waals surface area contributed by atoms with Gasteiger partial charge in [0.05, 0.1) is 18.8 Å². The number of nitrogens with zero attached hydrogens (tertiary/aromatic N) is 4. The zero-order valence-corrected chi connectivity index (χ0v) is 36.3. The van der Waals surface area contributed by atoms with E-state index in [1.165, 1.54) is 38.5 Å². The smallest absolute Gasteiger partial charge is 0.240 e. The number of aliphatic hydroxyl groups is 2. The number of hydrogen-bond donors (Lipinski definition) is 3. The first kappa shape index (κ1) is 42.8. The molecular formula is C45H79N5O6. The van der Waals surface area contributed by atoms with E-state index in [4.69, 9.17) is 9.57 Å². The lowest BCUT2D eigenvalue weighted by Gasteiger charge is -2.62. The van der Waals surface area contributed by atoms with Gasteiger partial charge in [-0.2, -0.15) is 5.06 Å². The highest BCUT2D eigenvalue weighted by molar-refractivity contribution is 5.83. The number of hydroxylamine groups is 2. The van der Waals surface area contributed by atoms with Crippen molar-refractivity contribution in [3.63, 3.8) is 0 Å². The van der Waals surface area contributed by atoms with Crippen molar-refractivity contribution in [2.45, 2.75) is 154 Å². The Hall–Kier alpha value is -1.34. The van der Waals surface area contributed by atoms with Crippen molar-refractivity contribution in [1.29, 1.82) is 0 Å². The average molecular weight is 786 g/mol. The molecule has 8 rings (SSSR count). The van der Waals surface area contributed by atoms with Gasteiger partial charge < -0.3 is 30.1 Å². The van der Waals surface area contributed by atoms with Gasteiger partial charge in [-0.25, -0.2) is 0 Å². The first-order valence-electron chi connectivity index (χ1n) is 22.9. The zero-order chi connectivity index (χ0) is 40.1. The predicted molar refractivity (Wildman–Crippen MR) is 218 cm³/mol. The summed E-state index contributed by atoms with van der Waals surface area (Å²) in [6.07, 6.45) is 13.2. The molecule has 56 heavy (non-hydrogen) atoms. The molecule has 2 amide bonds. The van der Waals surface area contributed by atoms with Crippen LogP contribution in [0, 0.1) is 58.7 Å². The third-order valence-electron chi connectivity index (χ3n) is 17.4. The molecular weight excluding hydrogens is 707 g/mol. The molecule has 15 atom stereocenters. The fourth-order valence-corrected chi connectivity index (χ4v) is 13.8. The number of rotatable bonds is 11. The molecule has 2 saturated heterocycles. The van der Waals surface area contributed by atoms with E-state index in [2.05, 4.69) is 61.9 Å². The summed E-state index contributed by atoms with van der Waals surface area (Å²) < 4.78 is 6.48. The minimum Gasteiger partial charge on any atom is -0.394 e. The van der Waals surface area contributed by atoms with Crippen LogP contribution in [-0.2, 0) is 19.2 Å². The maximum absolute atomic E-state index is 14.5. The van der Waals surface area contributed by atoms with Crippen LogP contribution < -0.4 is 5.32 Å². The van der Waals surface area contributed by atoms with Gasteiger partial charge in [-0.15, -0.1) is 0 Å². The highest BCUT2D eigenvalue weighted by Gasteiger charge is 2.58. The number of aliphatic hydroxyl groups excluding tert-OH is 2. The van der Waals surface area contributed by atoms with Crippen molar-refractivity contribution >= 4 is 11.8 Å². The first-order valence-corrected chi connectivity index (χ1v) is 22.9. The van der Waals surface area contributed by atoms with Crippen molar-refractivity contribution in [2.24, 2.45) is 58.7 Å². The first-order chi connectivity index (χ1) is 26.7. The number of piperazine rings is 1. The summed E-state index contributed by atoms with van der Waals surface area (Å²) in [4.78, 5) is 42.5. The second-order valence-electron chi connectivity index (χ2n) is 20.8. The molecule has 11 nitrogen and oxygen atoms in total. The van der Waals surface area contributed by atoms with Crippen molar-refractivity contribution in [2.75, 3.05) is 61.0 Å². The van der Waals surface area contributed by atoms with Gasteiger partial charge in [0.2, 0.25) is 11.8 Å². The van der Waals surface area contributed by atoms with Crippen LogP contribution in [0.2, 0.25) is 0 Å². The number of carbonyl (C=O) groups excluding carboxylic acids is 2. The van der Waals surface area contributed by atoms with Gasteiger partial charge in [0.1, 0.15) is 12.1 Å². The molecule has 7 unspecified atom stereocenters. The highest BCUT2D eigenvalue weighted by atomic mass is 16.7. The van der Waals surface area contributed by atoms with Crippen molar-refractivity contribution in [3.8, 4) is 0 Å². The molecule has 6 saturated carbocycles. The van der Waals surface area contributed by atoms with Gasteiger partial charge in [0.15, 0.2) is 0 Å². The van der Waals surface area contributed by atoms with Gasteiger partial charge in [-0.05, 0) is 127 Å². The lowest BCUT2D eigenvalue weighted by atomic mass is 9.45. The number of ether oxygens (including phenoxy) is 1. The molecule has 6 aliphatic carbocycles. The molecule has 320 valence electrons. The summed E-state index contributed by atoms with van der Waals surface area (Å²) >= 11 is 0. The van der Waals surface area contributed by atoms with Crippen LogP contribution in [0.3, 0.4) is 0 Å². The number of amides is 2. The lowest BCUT2D eigenvalue weighted by molar-refractivity contribution is -0.193. The van der Waals surface area contributed by atoms with Gasteiger partial charge in [0.25, 0.3) is 0 Å². The average Bonchev–Trinajstić information content (AvgIpc) is 3.57. The molecule has 2 aliphatic heterocycles. The molecule has 0 aromatic carbocycles. The molecule has 11 heteroatoms. The van der Waals surface area contributed by atoms with E-state index in [-0.39, 0.29) is 36.5 Å². The van der Waals surface area contributed by atoms with E-state index in [0.29, 0.717) is 65.5 Å². The fraction of sp³-hybridized carbons (Fsp3) is 0.956. The van der Waals surface area contributed by atoms with E-state index >= 15 is 0 Å². The van der Waals surface area contributed by atoms with Crippen LogP contribution >= 0.6 is 0 Å². The van der Waals surface area contributed by atoms with Crippen molar-refractivity contribution in [3.05, 3.63) is 0 Å². The van der Waals surface area contributed by atoms with Gasteiger partial charge in [-0.1, -0.05) is 46.5 Å². The van der Waals surface area contributed by atoms with Crippen LogP contribution in [0.25, 0.3) is 0 Å². The third-order valence-corrected chi connectivity index (χ3v) is 17.4. The maximum Gasteiger partial charge on any atom is 0.240 e. The van der Waals surface area contributed by atoms with Crippen LogP contribution in [0.15, 0.2) is 0 Å². The molecule has 0 aromatic rings. The Morgan fingerprint density at radius 2 is 1.73 bits per heavy atom. The highest BCUT2D eigenvalue weighted by Crippen LogP contribution is 2.61. The van der Waals surface area contributed by atoms with Crippen LogP contribution in [0.4, 0.5) is 0 Å². The Kier molecular flexibility index (Phi) is 13.5. The third kappa shape index (κ3) is 8.36. The van der Waals surface area contributed by atoms with Crippen LogP contribution in [0.1, 0.15) is 111 Å². The molecule has 8 fully saturated rings. The standard InChI is InChI=1S/C45H79N5O6/c1-27-36-22-33(45(36,3)4)23-37(27)46-43(53)41-40(28(2)52)39(26-51)56-50(41)24-30-15-12-16-35(42(30)55-8)31-19-32(21-34(20-31)47(5)6)44(54)49-18-17-48(7)38(25-49)29-13-10-9-11-14-29/h27-42,51-52H,9-26H2,1-8H3,(H,46,53)/t27-,28-,30?,31?,32?,33+,34?,35?,36-,37-,38?,39-,40-,41-,42?/m0/s1. The summed E-state index contributed by atoms with van der Waals surface area (Å²) in [5.74, 6) is 2.82. The molecule has 0 aromatic heterocycles. The lowest BCUT2D eigenvalue weighted by Crippen LogP contribution is -2.62. The summed E-state index contributed by atoms with van der Waals surface area (Å²) in [6.45, 7) is 11.6. The Bertz CT molecular complexity index is 1340. The molecule has 2 bridgehead atoms. The minimum atomic E-state index is -0.820. The maximum atomic E-state index is 14.5. The van der Waals surface area contributed by atoms with Crippen molar-refractivity contribution < 1.29 is 29.4 Å². The Balaban J connectivity index is 1.05. The fourth-order valence-electron chi connectivity index (χ4n) is 13.8. The molecule has 2 heterocycles. The summed E-state index contributed by atoms with van der Waals surface area (Å²) in [5.41, 5.74) is 0.320. The Morgan fingerprint density at radius 3 is 2.38 bits per heavy atom. The number of carbonyl (C=O) groups is 2. The summed E-state index contributed by atoms with van der Waals surface area (Å²) in [7, 11) is 8.44. The normalized spacial score (nSPS) is 43.0. The number of likely N-dealkylation sites (N-methyl/N-ethyl adjacent to an activating group) is 1. The number of nitrogens with one attached hydrogen (secondary N) is 1. The van der Waals surface area contributed by atoms with Crippen LogP contribution in [0.5, 0.6) is 0 Å². The largest absolute Gasteiger partial charge is 0.394 e. The second kappa shape index (κ2) is 17.7. The number of hydrogen-bond acceptors (Lipinski definition) is 9. The minimum absolute atomic E-state index is 0.0142. The second-order valence-corrected chi connectivity index (χ2v) is 20.8. The summed E-state index contributed by atoms with van der Waals surface area (Å²) in [6, 6.07) is 0.216. The molecule has 0 spiro atoms. The number of fused-ring (bicyclic) bond motifs is 2. The van der Waals surface area contributed by atoms with Gasteiger partial charge in [-0.3, -0.25) is 19.3 Å². The van der Waals surface area contributed by atoms with E-state index in [1.54, 1.807) is 6.92 Å². The van der Waals surface area contributed by atoms with Gasteiger partial charge >= 0.3 is 0 Å². The van der Waals surface area contributed by atoms with Crippen LogP contribution in [-0.4, -0.2) is 145 Å². The SMILES string of the molecule is COC1C(CN2O[C@@H](CO)[C@H]([C@H](C)O)[C@H]2C(=O)N[C@H]2C[C@H]3C[C@@H]([C@@H]2C)C3(C)C)CCCC1C1CC(C(=O)N2CCN(C)C(C3CCCCC3)C2)CC(N(C)C)C1. The predicted octanol–water partition coefficient (Wildman–Crippen LogP) is 4.65. The molecule has 8 aliphatic rings. The Morgan fingerprint density at radius 1 is 0.982 bits per heavy atom. The monoisotopic (exact) mass is 786 g/mol. The zero-order valence-electron chi connectivity index (χ0n) is 36.3. The molecule has 3 N–H and O–H groups in total. The number of methoxy groups -OCH3 is 1. The van der Waals surface area contributed by atoms with E-state index in [1.807, 2.05) is 12.2 Å². The van der Waals surface area contributed by atoms with E-state index < -0.39 is 24.2 Å².